The zero-order valence-electron chi connectivity index (χ0n) is 9.52. The molecule has 1 heterocycles. The fourth-order valence-corrected chi connectivity index (χ4v) is 2.41. The van der Waals surface area contributed by atoms with Crippen molar-refractivity contribution in [2.75, 3.05) is 11.9 Å². The Balaban J connectivity index is 2.05. The quantitative estimate of drug-likeness (QED) is 0.827. The molecule has 3 nitrogen and oxygen atoms in total. The molecular formula is C12H12FN3S2. The van der Waals surface area contributed by atoms with Crippen LogP contribution < -0.4 is 11.1 Å². The first-order valence-electron chi connectivity index (χ1n) is 5.37. The number of benzene rings is 1. The number of rotatable bonds is 5. The summed E-state index contributed by atoms with van der Waals surface area (Å²) in [4.78, 5) is 4.24. The lowest BCUT2D eigenvalue weighted by Crippen LogP contribution is -2.16. The largest absolute Gasteiger partial charge is 0.389 e. The van der Waals surface area contributed by atoms with Crippen molar-refractivity contribution in [3.05, 3.63) is 46.2 Å². The molecule has 0 aliphatic carbocycles. The molecule has 0 amide bonds. The van der Waals surface area contributed by atoms with E-state index in [4.69, 9.17) is 18.0 Å². The van der Waals surface area contributed by atoms with Gasteiger partial charge in [-0.25, -0.2) is 9.37 Å². The highest BCUT2D eigenvalue weighted by atomic mass is 32.1. The van der Waals surface area contributed by atoms with Crippen LogP contribution in [0.1, 0.15) is 11.3 Å². The number of hydrogen-bond acceptors (Lipinski definition) is 4. The van der Waals surface area contributed by atoms with Gasteiger partial charge in [-0.2, -0.15) is 0 Å². The van der Waals surface area contributed by atoms with Gasteiger partial charge < -0.3 is 11.1 Å². The van der Waals surface area contributed by atoms with Gasteiger partial charge in [-0.3, -0.25) is 0 Å². The zero-order chi connectivity index (χ0) is 13.0. The predicted octanol–water partition coefficient (Wildman–Crippen LogP) is 2.57. The van der Waals surface area contributed by atoms with Crippen LogP contribution in [0.15, 0.2) is 29.1 Å². The van der Waals surface area contributed by atoms with Gasteiger partial charge in [-0.05, 0) is 12.1 Å². The van der Waals surface area contributed by atoms with Crippen molar-refractivity contribution >= 4 is 34.2 Å². The summed E-state index contributed by atoms with van der Waals surface area (Å²) in [6.07, 6.45) is 0.775. The Morgan fingerprint density at radius 1 is 1.50 bits per heavy atom. The first-order valence-corrected chi connectivity index (χ1v) is 6.73. The topological polar surface area (TPSA) is 50.9 Å². The lowest BCUT2D eigenvalue weighted by atomic mass is 10.1. The minimum Gasteiger partial charge on any atom is -0.389 e. The Labute approximate surface area is 114 Å². The van der Waals surface area contributed by atoms with Crippen LogP contribution in [0.3, 0.4) is 0 Å². The fourth-order valence-electron chi connectivity index (χ4n) is 1.61. The van der Waals surface area contributed by atoms with E-state index in [0.29, 0.717) is 12.2 Å². The van der Waals surface area contributed by atoms with Crippen molar-refractivity contribution in [2.45, 2.75) is 6.42 Å². The number of anilines is 1. The molecule has 0 saturated heterocycles. The highest BCUT2D eigenvalue weighted by molar-refractivity contribution is 7.80. The molecule has 0 bridgehead atoms. The van der Waals surface area contributed by atoms with E-state index < -0.39 is 5.82 Å². The van der Waals surface area contributed by atoms with Gasteiger partial charge in [0.15, 0.2) is 0 Å². The fraction of sp³-hybridized carbons (Fsp3) is 0.167. The van der Waals surface area contributed by atoms with E-state index in [-0.39, 0.29) is 10.6 Å². The molecule has 1 aromatic carbocycles. The molecule has 0 aliphatic rings. The summed E-state index contributed by atoms with van der Waals surface area (Å²) in [5.41, 5.74) is 9.22. The summed E-state index contributed by atoms with van der Waals surface area (Å²) in [6.45, 7) is 0.656. The van der Waals surface area contributed by atoms with Crippen molar-refractivity contribution in [1.29, 1.82) is 0 Å². The third-order valence-corrected chi connectivity index (χ3v) is 3.28. The Morgan fingerprint density at radius 2 is 2.33 bits per heavy atom. The molecule has 0 unspecified atom stereocenters. The average molecular weight is 281 g/mol. The molecular weight excluding hydrogens is 269 g/mol. The zero-order valence-corrected chi connectivity index (χ0v) is 11.2. The Hall–Kier alpha value is -1.53. The van der Waals surface area contributed by atoms with Crippen LogP contribution in [-0.2, 0) is 6.42 Å². The maximum absolute atomic E-state index is 13.6. The highest BCUT2D eigenvalue weighted by Gasteiger charge is 2.10. The van der Waals surface area contributed by atoms with Gasteiger partial charge in [0.05, 0.1) is 16.8 Å². The second kappa shape index (κ2) is 5.88. The number of nitrogens with two attached hydrogens (primary N) is 1. The average Bonchev–Trinajstić information content (AvgIpc) is 2.81. The molecule has 94 valence electrons. The molecule has 2 rings (SSSR count). The van der Waals surface area contributed by atoms with Gasteiger partial charge in [-0.1, -0.05) is 18.3 Å². The van der Waals surface area contributed by atoms with Crippen LogP contribution in [0.2, 0.25) is 0 Å². The molecule has 2 aromatic rings. The van der Waals surface area contributed by atoms with Crippen LogP contribution in [0, 0.1) is 5.82 Å². The first-order chi connectivity index (χ1) is 8.68. The summed E-state index contributed by atoms with van der Waals surface area (Å²) in [7, 11) is 0. The summed E-state index contributed by atoms with van der Waals surface area (Å²) < 4.78 is 13.6. The lowest BCUT2D eigenvalue weighted by molar-refractivity contribution is 0.626. The molecule has 1 aromatic heterocycles. The summed E-state index contributed by atoms with van der Waals surface area (Å²) in [5.74, 6) is -0.402. The second-order valence-corrected chi connectivity index (χ2v) is 4.84. The monoisotopic (exact) mass is 281 g/mol. The van der Waals surface area contributed by atoms with Gasteiger partial charge in [0.2, 0.25) is 0 Å². The SMILES string of the molecule is NC(=S)c1c(F)cccc1NCCc1cscn1. The van der Waals surface area contributed by atoms with Crippen LogP contribution >= 0.6 is 23.6 Å². The minimum atomic E-state index is -0.402. The molecule has 0 atom stereocenters. The smallest absolute Gasteiger partial charge is 0.135 e. The van der Waals surface area contributed by atoms with Crippen LogP contribution in [0.5, 0.6) is 0 Å². The Kier molecular flexibility index (Phi) is 4.22. The van der Waals surface area contributed by atoms with Crippen molar-refractivity contribution in [2.24, 2.45) is 5.73 Å². The van der Waals surface area contributed by atoms with E-state index in [1.165, 1.54) is 6.07 Å². The molecule has 18 heavy (non-hydrogen) atoms. The van der Waals surface area contributed by atoms with Crippen LogP contribution in [-0.4, -0.2) is 16.5 Å². The number of thiazole rings is 1. The van der Waals surface area contributed by atoms with E-state index in [1.807, 2.05) is 5.38 Å². The number of aromatic nitrogens is 1. The van der Waals surface area contributed by atoms with Crippen LogP contribution in [0.25, 0.3) is 0 Å². The first kappa shape index (κ1) is 12.9. The van der Waals surface area contributed by atoms with E-state index >= 15 is 0 Å². The van der Waals surface area contributed by atoms with Gasteiger partial charge in [0.25, 0.3) is 0 Å². The summed E-state index contributed by atoms with van der Waals surface area (Å²) >= 11 is 6.41. The normalized spacial score (nSPS) is 10.3. The van der Waals surface area contributed by atoms with Gasteiger partial charge >= 0.3 is 0 Å². The molecule has 0 fully saturated rings. The number of halogens is 1. The summed E-state index contributed by atoms with van der Waals surface area (Å²) in [5, 5.41) is 5.12. The second-order valence-electron chi connectivity index (χ2n) is 3.68. The van der Waals surface area contributed by atoms with Crippen molar-refractivity contribution in [1.82, 2.24) is 4.98 Å². The predicted molar refractivity (Wildman–Crippen MR) is 76.6 cm³/mol. The van der Waals surface area contributed by atoms with E-state index in [2.05, 4.69) is 10.3 Å². The molecule has 0 radical (unpaired) electrons. The van der Waals surface area contributed by atoms with Gasteiger partial charge in [0.1, 0.15) is 10.8 Å². The van der Waals surface area contributed by atoms with Crippen molar-refractivity contribution < 1.29 is 4.39 Å². The third-order valence-electron chi connectivity index (χ3n) is 2.44. The number of hydrogen-bond donors (Lipinski definition) is 2. The van der Waals surface area contributed by atoms with Gasteiger partial charge in [0, 0.05) is 24.0 Å². The third kappa shape index (κ3) is 3.02. The summed E-state index contributed by atoms with van der Waals surface area (Å²) in [6, 6.07) is 4.74. The Morgan fingerprint density at radius 3 is 3.00 bits per heavy atom. The maximum Gasteiger partial charge on any atom is 0.135 e. The number of nitrogens with zero attached hydrogens (tertiary/aromatic N) is 1. The standard InChI is InChI=1S/C12H12FN3S2/c13-9-2-1-3-10(11(9)12(14)17)15-5-4-8-6-18-7-16-8/h1-3,6-7,15H,4-5H2,(H2,14,17). The number of thiocarbonyl (C=S) groups is 1. The van der Waals surface area contributed by atoms with Crippen molar-refractivity contribution in [3.8, 4) is 0 Å². The molecule has 3 N–H and O–H groups in total. The van der Waals surface area contributed by atoms with Crippen LogP contribution in [0.4, 0.5) is 10.1 Å². The molecule has 0 saturated carbocycles. The number of nitrogens with one attached hydrogen (secondary N) is 1. The van der Waals surface area contributed by atoms with E-state index in [1.54, 1.807) is 29.0 Å². The van der Waals surface area contributed by atoms with Crippen molar-refractivity contribution in [3.63, 3.8) is 0 Å². The van der Waals surface area contributed by atoms with E-state index in [9.17, 15) is 4.39 Å². The molecule has 0 spiro atoms. The molecule has 6 heteroatoms. The Bertz CT molecular complexity index is 540. The highest BCUT2D eigenvalue weighted by Crippen LogP contribution is 2.18. The van der Waals surface area contributed by atoms with Gasteiger partial charge in [-0.15, -0.1) is 11.3 Å². The molecule has 0 aliphatic heterocycles. The van der Waals surface area contributed by atoms with E-state index in [0.717, 1.165) is 12.1 Å². The lowest BCUT2D eigenvalue weighted by Gasteiger charge is -2.11. The maximum atomic E-state index is 13.6. The minimum absolute atomic E-state index is 0.0595.